The summed E-state index contributed by atoms with van der Waals surface area (Å²) in [6.45, 7) is 6.19. The van der Waals surface area contributed by atoms with Crippen molar-refractivity contribution < 1.29 is 31.5 Å². The third kappa shape index (κ3) is 8.85. The smallest absolute Gasteiger partial charge is 0.318 e. The van der Waals surface area contributed by atoms with Crippen molar-refractivity contribution in [1.29, 1.82) is 0 Å². The minimum absolute atomic E-state index is 0.0221. The number of rotatable bonds is 15. The summed E-state index contributed by atoms with van der Waals surface area (Å²) in [6, 6.07) is 14.2. The molecule has 0 unspecified atom stereocenters. The zero-order valence-electron chi connectivity index (χ0n) is 25.0. The molecule has 0 spiro atoms. The number of halogens is 1. The molecule has 0 aliphatic heterocycles. The second kappa shape index (κ2) is 14.6. The number of hydrogen-bond acceptors (Lipinski definition) is 7. The van der Waals surface area contributed by atoms with Crippen LogP contribution in [0.4, 0.5) is 0 Å². The lowest BCUT2D eigenvalue weighted by Crippen LogP contribution is -2.46. The van der Waals surface area contributed by atoms with Gasteiger partial charge in [-0.25, -0.2) is 21.6 Å². The summed E-state index contributed by atoms with van der Waals surface area (Å²) in [6.07, 6.45) is 3.53. The van der Waals surface area contributed by atoms with Gasteiger partial charge in [-0.1, -0.05) is 35.9 Å². The summed E-state index contributed by atoms with van der Waals surface area (Å²) >= 11 is 6.30. The Morgan fingerprint density at radius 1 is 1.05 bits per heavy atom. The van der Waals surface area contributed by atoms with E-state index in [1.165, 1.54) is 10.4 Å². The number of carbonyl (C=O) groups is 2. The topological polar surface area (TPSA) is 163 Å². The fourth-order valence-electron chi connectivity index (χ4n) is 4.73. The molecule has 0 aliphatic carbocycles. The molecule has 14 heteroatoms. The number of carboxylic acid groups (broad SMARTS) is 1. The van der Waals surface area contributed by atoms with Crippen LogP contribution < -0.4 is 10.0 Å². The fourth-order valence-corrected chi connectivity index (χ4v) is 7.88. The van der Waals surface area contributed by atoms with Gasteiger partial charge in [0.25, 0.3) is 0 Å². The van der Waals surface area contributed by atoms with Crippen LogP contribution in [0.3, 0.4) is 0 Å². The maximum Gasteiger partial charge on any atom is 0.318 e. The van der Waals surface area contributed by atoms with Crippen LogP contribution in [0.5, 0.6) is 0 Å². The van der Waals surface area contributed by atoms with Gasteiger partial charge >= 0.3 is 5.97 Å². The van der Waals surface area contributed by atoms with Gasteiger partial charge in [-0.15, -0.1) is 0 Å². The zero-order chi connectivity index (χ0) is 32.7. The third-order valence-corrected chi connectivity index (χ3v) is 11.2. The molecule has 0 radical (unpaired) electrons. The number of nitrogens with zero attached hydrogens (tertiary/aromatic N) is 2. The lowest BCUT2D eigenvalue weighted by Gasteiger charge is -2.38. The summed E-state index contributed by atoms with van der Waals surface area (Å²) in [5.74, 6) is -2.30. The number of pyridine rings is 1. The number of carboxylic acids is 1. The normalized spacial score (nSPS) is 12.3. The van der Waals surface area contributed by atoms with E-state index in [4.69, 9.17) is 16.7 Å². The molecule has 0 atom stereocenters. The fraction of sp³-hybridized carbons (Fsp3) is 0.367. The highest BCUT2D eigenvalue weighted by Crippen LogP contribution is 2.37. The molecule has 238 valence electrons. The molecule has 3 aromatic rings. The quantitative estimate of drug-likeness (QED) is 0.221. The number of amides is 1. The van der Waals surface area contributed by atoms with E-state index in [0.717, 1.165) is 22.3 Å². The van der Waals surface area contributed by atoms with Crippen molar-refractivity contribution in [3.05, 3.63) is 82.6 Å². The number of carbonyl (C=O) groups excluding carboxylic acids is 1. The van der Waals surface area contributed by atoms with Crippen molar-refractivity contribution in [1.82, 2.24) is 19.3 Å². The van der Waals surface area contributed by atoms with Crippen LogP contribution in [-0.4, -0.2) is 68.5 Å². The summed E-state index contributed by atoms with van der Waals surface area (Å²) in [4.78, 5) is 27.4. The van der Waals surface area contributed by atoms with Gasteiger partial charge < -0.3 is 10.4 Å². The maximum atomic E-state index is 14.2. The highest BCUT2D eigenvalue weighted by atomic mass is 35.5. The van der Waals surface area contributed by atoms with Gasteiger partial charge in [0.05, 0.1) is 16.2 Å². The minimum atomic E-state index is -4.12. The van der Waals surface area contributed by atoms with Crippen molar-refractivity contribution in [3.8, 4) is 11.1 Å². The lowest BCUT2D eigenvalue weighted by atomic mass is 9.90. The Labute approximate surface area is 263 Å². The number of sulfonamides is 2. The number of hydrogen-bond donors (Lipinski definition) is 3. The van der Waals surface area contributed by atoms with E-state index in [-0.39, 0.29) is 30.8 Å². The highest BCUT2D eigenvalue weighted by Gasteiger charge is 2.39. The van der Waals surface area contributed by atoms with E-state index in [1.54, 1.807) is 45.3 Å². The van der Waals surface area contributed by atoms with Crippen LogP contribution >= 0.6 is 11.6 Å². The Hall–Kier alpha value is -3.36. The average molecular weight is 665 g/mol. The molecule has 0 fully saturated rings. The monoisotopic (exact) mass is 664 g/mol. The first-order chi connectivity index (χ1) is 20.6. The summed E-state index contributed by atoms with van der Waals surface area (Å²) in [7, 11) is -8.01. The molecule has 3 N–H and O–H groups in total. The first-order valence-electron chi connectivity index (χ1n) is 13.8. The van der Waals surface area contributed by atoms with Gasteiger partial charge in [0.1, 0.15) is 6.54 Å². The van der Waals surface area contributed by atoms with Gasteiger partial charge in [0.2, 0.25) is 26.0 Å². The number of aromatic nitrogens is 1. The number of nitrogens with one attached hydrogen (secondary N) is 2. The Bertz CT molecular complexity index is 1730. The molecule has 0 saturated carbocycles. The van der Waals surface area contributed by atoms with E-state index in [0.29, 0.717) is 10.6 Å². The van der Waals surface area contributed by atoms with Crippen molar-refractivity contribution in [3.63, 3.8) is 0 Å². The predicted molar refractivity (Wildman–Crippen MR) is 169 cm³/mol. The standard InChI is InChI=1S/C30H37ClN4O7S2/c1-21-19-32-14-13-25(21)23-8-5-9-24(18-23)30(3,4)35(44(41,42)27-11-6-10-26(31)22(27)2)16-7-12-28(36)33-15-17-43(39,40)34-20-29(37)38/h5-6,8-11,13-14,18-19,34H,7,12,15-17,20H2,1-4H3,(H,33,36)(H,37,38). The van der Waals surface area contributed by atoms with Gasteiger partial charge in [-0.05, 0) is 86.2 Å². The van der Waals surface area contributed by atoms with Gasteiger partial charge in [-0.2, -0.15) is 4.31 Å². The number of benzene rings is 2. The highest BCUT2D eigenvalue weighted by molar-refractivity contribution is 7.89. The first kappa shape index (κ1) is 35.1. The average Bonchev–Trinajstić information content (AvgIpc) is 2.95. The molecule has 1 amide bonds. The lowest BCUT2D eigenvalue weighted by molar-refractivity contribution is -0.135. The molecule has 0 bridgehead atoms. The SMILES string of the molecule is Cc1cnccc1-c1cccc(C(C)(C)N(CCCC(=O)NCCS(=O)(=O)NCC(=O)O)S(=O)(=O)c2cccc(Cl)c2C)c1. The van der Waals surface area contributed by atoms with Crippen molar-refractivity contribution in [2.75, 3.05) is 25.4 Å². The Morgan fingerprint density at radius 2 is 1.75 bits per heavy atom. The van der Waals surface area contributed by atoms with Gasteiger partial charge in [0.15, 0.2) is 0 Å². The van der Waals surface area contributed by atoms with Crippen LogP contribution in [-0.2, 0) is 35.2 Å². The predicted octanol–water partition coefficient (Wildman–Crippen LogP) is 3.85. The molecule has 0 aliphatic rings. The van der Waals surface area contributed by atoms with Gasteiger partial charge in [-0.3, -0.25) is 14.6 Å². The van der Waals surface area contributed by atoms with Crippen LogP contribution in [0.15, 0.2) is 65.8 Å². The number of aliphatic carboxylic acids is 1. The summed E-state index contributed by atoms with van der Waals surface area (Å²) in [5, 5.41) is 11.4. The van der Waals surface area contributed by atoms with E-state index in [9.17, 15) is 26.4 Å². The van der Waals surface area contributed by atoms with E-state index in [2.05, 4.69) is 10.3 Å². The largest absolute Gasteiger partial charge is 0.480 e. The molecule has 44 heavy (non-hydrogen) atoms. The van der Waals surface area contributed by atoms with Gasteiger partial charge in [0, 0.05) is 36.9 Å². The minimum Gasteiger partial charge on any atom is -0.480 e. The molecule has 3 rings (SSSR count). The van der Waals surface area contributed by atoms with Crippen LogP contribution in [0.2, 0.25) is 5.02 Å². The maximum absolute atomic E-state index is 14.2. The van der Waals surface area contributed by atoms with Crippen molar-refractivity contribution in [2.45, 2.75) is 51.0 Å². The Kier molecular flexibility index (Phi) is 11.7. The third-order valence-electron chi connectivity index (χ3n) is 7.21. The molecule has 11 nitrogen and oxygen atoms in total. The molecular formula is C30H37ClN4O7S2. The molecule has 2 aromatic carbocycles. The summed E-state index contributed by atoms with van der Waals surface area (Å²) in [5.41, 5.74) is 2.92. The van der Waals surface area contributed by atoms with Crippen LogP contribution in [0.25, 0.3) is 11.1 Å². The summed E-state index contributed by atoms with van der Waals surface area (Å²) < 4.78 is 55.5. The molecule has 1 aromatic heterocycles. The van der Waals surface area contributed by atoms with E-state index < -0.39 is 49.8 Å². The second-order valence-electron chi connectivity index (χ2n) is 10.8. The molecule has 1 heterocycles. The first-order valence-corrected chi connectivity index (χ1v) is 17.3. The van der Waals surface area contributed by atoms with E-state index in [1.807, 2.05) is 42.0 Å². The van der Waals surface area contributed by atoms with Crippen molar-refractivity contribution >= 4 is 43.5 Å². The Morgan fingerprint density at radius 3 is 2.43 bits per heavy atom. The zero-order valence-corrected chi connectivity index (χ0v) is 27.4. The van der Waals surface area contributed by atoms with Crippen LogP contribution in [0, 0.1) is 13.8 Å². The second-order valence-corrected chi connectivity index (χ2v) is 14.9. The Balaban J connectivity index is 1.86. The van der Waals surface area contributed by atoms with Crippen molar-refractivity contribution in [2.24, 2.45) is 0 Å². The number of aryl methyl sites for hydroxylation is 1. The molecule has 0 saturated heterocycles. The van der Waals surface area contributed by atoms with E-state index >= 15 is 0 Å². The molecular weight excluding hydrogens is 628 g/mol. The van der Waals surface area contributed by atoms with Crippen LogP contribution in [0.1, 0.15) is 43.4 Å².